The van der Waals surface area contributed by atoms with Crippen LogP contribution in [0.3, 0.4) is 0 Å². The highest BCUT2D eigenvalue weighted by molar-refractivity contribution is 6.31. The molecule has 0 unspecified atom stereocenters. The molecule has 2 aromatic rings. The van der Waals surface area contributed by atoms with Crippen molar-refractivity contribution in [2.75, 3.05) is 37.9 Å². The summed E-state index contributed by atoms with van der Waals surface area (Å²) in [7, 11) is 5.79. The molecule has 0 fully saturated rings. The van der Waals surface area contributed by atoms with Crippen LogP contribution in [-0.2, 0) is 11.3 Å². The lowest BCUT2D eigenvalue weighted by molar-refractivity contribution is -0.117. The number of benzene rings is 2. The zero-order valence-corrected chi connectivity index (χ0v) is 14.5. The van der Waals surface area contributed by atoms with E-state index in [0.717, 1.165) is 17.9 Å². The Labute approximate surface area is 142 Å². The van der Waals surface area contributed by atoms with Crippen molar-refractivity contribution in [1.82, 2.24) is 4.90 Å². The molecule has 4 nitrogen and oxygen atoms in total. The molecule has 0 aliphatic heterocycles. The van der Waals surface area contributed by atoms with E-state index in [1.165, 1.54) is 5.56 Å². The summed E-state index contributed by atoms with van der Waals surface area (Å²) in [5.74, 6) is -0.0613. The first-order valence-electron chi connectivity index (χ1n) is 7.45. The molecular formula is C18H22ClN3O. The van der Waals surface area contributed by atoms with Gasteiger partial charge in [-0.25, -0.2) is 0 Å². The van der Waals surface area contributed by atoms with Crippen LogP contribution >= 0.6 is 11.6 Å². The van der Waals surface area contributed by atoms with E-state index in [2.05, 4.69) is 17.4 Å². The molecule has 0 spiro atoms. The normalized spacial score (nSPS) is 10.7. The monoisotopic (exact) mass is 331 g/mol. The number of likely N-dealkylation sites (N-methyl/N-ethyl adjacent to an activating group) is 1. The number of hydrogen-bond acceptors (Lipinski definition) is 3. The fourth-order valence-electron chi connectivity index (χ4n) is 2.38. The molecule has 0 aromatic heterocycles. The second-order valence-corrected chi connectivity index (χ2v) is 6.20. The second-order valence-electron chi connectivity index (χ2n) is 5.76. The van der Waals surface area contributed by atoms with E-state index in [4.69, 9.17) is 11.6 Å². The van der Waals surface area contributed by atoms with Gasteiger partial charge in [-0.3, -0.25) is 9.69 Å². The molecule has 0 heterocycles. The Bertz CT molecular complexity index is 659. The summed E-state index contributed by atoms with van der Waals surface area (Å²) in [5.41, 5.74) is 2.83. The number of nitrogens with zero attached hydrogens (tertiary/aromatic N) is 2. The van der Waals surface area contributed by atoms with Gasteiger partial charge in [-0.15, -0.1) is 0 Å². The van der Waals surface area contributed by atoms with Crippen LogP contribution in [0.4, 0.5) is 11.4 Å². The van der Waals surface area contributed by atoms with Crippen LogP contribution in [0, 0.1) is 0 Å². The Morgan fingerprint density at radius 3 is 2.43 bits per heavy atom. The van der Waals surface area contributed by atoms with Gasteiger partial charge in [0.25, 0.3) is 0 Å². The molecular weight excluding hydrogens is 310 g/mol. The first kappa shape index (κ1) is 17.3. The molecule has 0 saturated heterocycles. The van der Waals surface area contributed by atoms with E-state index in [-0.39, 0.29) is 5.91 Å². The maximum absolute atomic E-state index is 12.3. The number of anilines is 2. The minimum absolute atomic E-state index is 0.0613. The van der Waals surface area contributed by atoms with E-state index >= 15 is 0 Å². The van der Waals surface area contributed by atoms with Crippen LogP contribution < -0.4 is 10.2 Å². The van der Waals surface area contributed by atoms with Crippen LogP contribution in [0.2, 0.25) is 5.02 Å². The molecule has 0 bridgehead atoms. The van der Waals surface area contributed by atoms with Gasteiger partial charge in [0.05, 0.1) is 17.9 Å². The third kappa shape index (κ3) is 5.27. The lowest BCUT2D eigenvalue weighted by Crippen LogP contribution is -2.30. The van der Waals surface area contributed by atoms with Crippen molar-refractivity contribution in [2.24, 2.45) is 0 Å². The number of amides is 1. The summed E-state index contributed by atoms with van der Waals surface area (Å²) in [6.07, 6.45) is 0. The zero-order chi connectivity index (χ0) is 16.8. The lowest BCUT2D eigenvalue weighted by Gasteiger charge is -2.20. The molecule has 0 atom stereocenters. The Hall–Kier alpha value is -2.04. The van der Waals surface area contributed by atoms with Gasteiger partial charge in [0.2, 0.25) is 5.91 Å². The van der Waals surface area contributed by atoms with Crippen LogP contribution in [0.15, 0.2) is 48.5 Å². The highest BCUT2D eigenvalue weighted by Gasteiger charge is 2.11. The molecule has 0 saturated carbocycles. The smallest absolute Gasteiger partial charge is 0.238 e. The van der Waals surface area contributed by atoms with E-state index in [0.29, 0.717) is 11.6 Å². The third-order valence-corrected chi connectivity index (χ3v) is 3.66. The molecule has 0 radical (unpaired) electrons. The van der Waals surface area contributed by atoms with Crippen molar-refractivity contribution in [3.8, 4) is 0 Å². The first-order chi connectivity index (χ1) is 11.0. The van der Waals surface area contributed by atoms with E-state index in [9.17, 15) is 4.79 Å². The van der Waals surface area contributed by atoms with Crippen LogP contribution in [-0.4, -0.2) is 38.5 Å². The maximum atomic E-state index is 12.3. The zero-order valence-electron chi connectivity index (χ0n) is 13.7. The number of halogens is 1. The largest absolute Gasteiger partial charge is 0.376 e. The number of nitrogens with one attached hydrogen (secondary N) is 1. The topological polar surface area (TPSA) is 35.6 Å². The molecule has 1 N–H and O–H groups in total. The van der Waals surface area contributed by atoms with E-state index in [1.54, 1.807) is 6.07 Å². The van der Waals surface area contributed by atoms with Crippen LogP contribution in [0.5, 0.6) is 0 Å². The summed E-state index contributed by atoms with van der Waals surface area (Å²) in [5, 5.41) is 3.54. The number of carbonyl (C=O) groups excluding carboxylic acids is 1. The SMILES string of the molecule is CN(CC(=O)Nc1cc(Cl)ccc1N(C)C)Cc1ccccc1. The van der Waals surface area contributed by atoms with Crippen molar-refractivity contribution in [2.45, 2.75) is 6.54 Å². The van der Waals surface area contributed by atoms with Gasteiger partial charge in [0, 0.05) is 25.7 Å². The second kappa shape index (κ2) is 7.99. The van der Waals surface area contributed by atoms with Crippen molar-refractivity contribution in [3.63, 3.8) is 0 Å². The summed E-state index contributed by atoms with van der Waals surface area (Å²) < 4.78 is 0. The predicted octanol–water partition coefficient (Wildman–Crippen LogP) is 3.48. The third-order valence-electron chi connectivity index (χ3n) is 3.42. The van der Waals surface area contributed by atoms with Crippen molar-refractivity contribution >= 4 is 28.9 Å². The van der Waals surface area contributed by atoms with Crippen LogP contribution in [0.25, 0.3) is 0 Å². The lowest BCUT2D eigenvalue weighted by atomic mass is 10.2. The Balaban J connectivity index is 1.98. The molecule has 23 heavy (non-hydrogen) atoms. The summed E-state index contributed by atoms with van der Waals surface area (Å²) in [4.78, 5) is 16.2. The predicted molar refractivity (Wildman–Crippen MR) is 97.2 cm³/mol. The molecule has 5 heteroatoms. The number of hydrogen-bond donors (Lipinski definition) is 1. The summed E-state index contributed by atoms with van der Waals surface area (Å²) >= 11 is 6.04. The fraction of sp³-hybridized carbons (Fsp3) is 0.278. The van der Waals surface area contributed by atoms with Gasteiger partial charge in [-0.05, 0) is 30.8 Å². The minimum atomic E-state index is -0.0613. The van der Waals surface area contributed by atoms with Gasteiger partial charge in [-0.2, -0.15) is 0 Å². The molecule has 2 aromatic carbocycles. The average molecular weight is 332 g/mol. The Morgan fingerprint density at radius 2 is 1.78 bits per heavy atom. The van der Waals surface area contributed by atoms with Crippen molar-refractivity contribution in [3.05, 3.63) is 59.1 Å². The van der Waals surface area contributed by atoms with Gasteiger partial charge >= 0.3 is 0 Å². The Kier molecular flexibility index (Phi) is 6.02. The first-order valence-corrected chi connectivity index (χ1v) is 7.82. The van der Waals surface area contributed by atoms with Crippen LogP contribution in [0.1, 0.15) is 5.56 Å². The highest BCUT2D eigenvalue weighted by atomic mass is 35.5. The van der Waals surface area contributed by atoms with Gasteiger partial charge in [0.15, 0.2) is 0 Å². The van der Waals surface area contributed by atoms with E-state index in [1.807, 2.05) is 61.3 Å². The molecule has 0 aliphatic rings. The Morgan fingerprint density at radius 1 is 1.09 bits per heavy atom. The standard InChI is InChI=1S/C18H22ClN3O/c1-21(2)17-10-9-15(19)11-16(17)20-18(23)13-22(3)12-14-7-5-4-6-8-14/h4-11H,12-13H2,1-3H3,(H,20,23). The van der Waals surface area contributed by atoms with Gasteiger partial charge < -0.3 is 10.2 Å². The maximum Gasteiger partial charge on any atom is 0.238 e. The molecule has 2 rings (SSSR count). The number of rotatable bonds is 6. The fourth-order valence-corrected chi connectivity index (χ4v) is 2.56. The molecule has 0 aliphatic carbocycles. The molecule has 122 valence electrons. The number of carbonyl (C=O) groups is 1. The molecule has 1 amide bonds. The minimum Gasteiger partial charge on any atom is -0.376 e. The van der Waals surface area contributed by atoms with E-state index < -0.39 is 0 Å². The summed E-state index contributed by atoms with van der Waals surface area (Å²) in [6, 6.07) is 15.6. The van der Waals surface area contributed by atoms with Gasteiger partial charge in [-0.1, -0.05) is 41.9 Å². The van der Waals surface area contributed by atoms with Crippen molar-refractivity contribution in [1.29, 1.82) is 0 Å². The van der Waals surface area contributed by atoms with Gasteiger partial charge in [0.1, 0.15) is 0 Å². The highest BCUT2D eigenvalue weighted by Crippen LogP contribution is 2.27. The average Bonchev–Trinajstić information content (AvgIpc) is 2.47. The quantitative estimate of drug-likeness (QED) is 0.880. The summed E-state index contributed by atoms with van der Waals surface area (Å²) in [6.45, 7) is 1.04. The van der Waals surface area contributed by atoms with Crippen molar-refractivity contribution < 1.29 is 4.79 Å².